The molecule has 0 radical (unpaired) electrons. The zero-order valence-electron chi connectivity index (χ0n) is 16.2. The van der Waals surface area contributed by atoms with Crippen molar-refractivity contribution in [1.82, 2.24) is 4.57 Å². The molecule has 0 atom stereocenters. The minimum Gasteiger partial charge on any atom is -0.387 e. The van der Waals surface area contributed by atoms with Crippen molar-refractivity contribution in [3.63, 3.8) is 0 Å². The molecule has 0 saturated heterocycles. The van der Waals surface area contributed by atoms with E-state index >= 15 is 0 Å². The predicted molar refractivity (Wildman–Crippen MR) is 107 cm³/mol. The molecule has 0 spiro atoms. The van der Waals surface area contributed by atoms with E-state index in [1.807, 2.05) is 56.5 Å². The zero-order valence-corrected chi connectivity index (χ0v) is 16.2. The maximum Gasteiger partial charge on any atom is 0.270 e. The Balaban J connectivity index is 1.91. The zero-order chi connectivity index (χ0) is 20.0. The van der Waals surface area contributed by atoms with Crippen molar-refractivity contribution in [3.8, 4) is 0 Å². The summed E-state index contributed by atoms with van der Waals surface area (Å²) in [5, 5.41) is 6.34. The lowest BCUT2D eigenvalue weighted by atomic mass is 10.1. The molecule has 1 heterocycles. The van der Waals surface area contributed by atoms with Crippen LogP contribution < -0.4 is 5.32 Å². The second-order valence-electron chi connectivity index (χ2n) is 6.35. The molecule has 1 aromatic heterocycles. The first-order chi connectivity index (χ1) is 12.8. The number of allylic oxidation sites excluding steroid dienone is 1. The van der Waals surface area contributed by atoms with E-state index in [0.29, 0.717) is 12.1 Å². The van der Waals surface area contributed by atoms with Crippen molar-refractivity contribution in [2.45, 2.75) is 34.2 Å². The Morgan fingerprint density at radius 3 is 2.70 bits per heavy atom. The number of rotatable bonds is 8. The lowest BCUT2D eigenvalue weighted by Crippen LogP contribution is -2.15. The Kier molecular flexibility index (Phi) is 6.71. The first-order valence-electron chi connectivity index (χ1n) is 8.68. The maximum absolute atomic E-state index is 12.3. The number of nitrogens with zero attached hydrogens (tertiary/aromatic N) is 2. The monoisotopic (exact) mass is 367 g/mol. The van der Waals surface area contributed by atoms with E-state index < -0.39 is 5.91 Å². The summed E-state index contributed by atoms with van der Waals surface area (Å²) >= 11 is 0. The van der Waals surface area contributed by atoms with Gasteiger partial charge in [-0.2, -0.15) is 0 Å². The number of anilines is 1. The van der Waals surface area contributed by atoms with Crippen molar-refractivity contribution in [1.29, 1.82) is 0 Å². The highest BCUT2D eigenvalue weighted by Gasteiger charge is 2.15. The summed E-state index contributed by atoms with van der Waals surface area (Å²) in [4.78, 5) is 29.2. The molecule has 0 aliphatic heterocycles. The first kappa shape index (κ1) is 20.2. The van der Waals surface area contributed by atoms with E-state index in [-0.39, 0.29) is 12.4 Å². The van der Waals surface area contributed by atoms with Crippen molar-refractivity contribution < 1.29 is 14.4 Å². The van der Waals surface area contributed by atoms with Gasteiger partial charge in [0.2, 0.25) is 5.78 Å². The molecule has 6 nitrogen and oxygen atoms in total. The van der Waals surface area contributed by atoms with Crippen LogP contribution in [0.3, 0.4) is 0 Å². The lowest BCUT2D eigenvalue weighted by Gasteiger charge is -2.08. The number of carbonyl (C=O) groups is 2. The summed E-state index contributed by atoms with van der Waals surface area (Å²) < 4.78 is 2.00. The third-order valence-electron chi connectivity index (χ3n) is 4.49. The summed E-state index contributed by atoms with van der Waals surface area (Å²) in [6, 6.07) is 7.48. The number of aryl methyl sites for hydroxylation is 2. The Morgan fingerprint density at radius 1 is 1.26 bits per heavy atom. The van der Waals surface area contributed by atoms with Gasteiger partial charge in [-0.3, -0.25) is 9.59 Å². The smallest absolute Gasteiger partial charge is 0.270 e. The summed E-state index contributed by atoms with van der Waals surface area (Å²) in [6.45, 7) is 11.8. The molecule has 0 unspecified atom stereocenters. The number of amides is 1. The molecule has 1 amide bonds. The first-order valence-corrected chi connectivity index (χ1v) is 8.68. The van der Waals surface area contributed by atoms with Crippen LogP contribution in [0.25, 0.3) is 0 Å². The molecule has 6 heteroatoms. The normalized spacial score (nSPS) is 10.8. The fourth-order valence-corrected chi connectivity index (χ4v) is 2.80. The van der Waals surface area contributed by atoms with E-state index in [0.717, 1.165) is 34.4 Å². The fourth-order valence-electron chi connectivity index (χ4n) is 2.80. The van der Waals surface area contributed by atoms with Crippen LogP contribution in [0.15, 0.2) is 42.1 Å². The molecular formula is C21H25N3O3. The number of nitrogens with one attached hydrogen (secondary N) is 1. The van der Waals surface area contributed by atoms with E-state index in [9.17, 15) is 9.59 Å². The molecule has 0 aliphatic carbocycles. The van der Waals surface area contributed by atoms with Crippen molar-refractivity contribution in [2.75, 3.05) is 11.9 Å². The van der Waals surface area contributed by atoms with Crippen LogP contribution in [0.5, 0.6) is 0 Å². The van der Waals surface area contributed by atoms with Crippen LogP contribution in [0.1, 0.15) is 32.9 Å². The van der Waals surface area contributed by atoms with E-state index in [2.05, 4.69) is 17.1 Å². The van der Waals surface area contributed by atoms with Crippen LogP contribution in [-0.4, -0.2) is 29.1 Å². The van der Waals surface area contributed by atoms with Gasteiger partial charge >= 0.3 is 0 Å². The van der Waals surface area contributed by atoms with Gasteiger partial charge in [0.1, 0.15) is 6.21 Å². The average molecular weight is 367 g/mol. The minimum atomic E-state index is -0.416. The number of oxime groups is 1. The molecule has 2 aromatic rings. The maximum atomic E-state index is 12.3. The second-order valence-corrected chi connectivity index (χ2v) is 6.35. The quantitative estimate of drug-likeness (QED) is 0.334. The largest absolute Gasteiger partial charge is 0.387 e. The van der Waals surface area contributed by atoms with Gasteiger partial charge in [-0.15, -0.1) is 6.58 Å². The highest BCUT2D eigenvalue weighted by atomic mass is 16.6. The van der Waals surface area contributed by atoms with Gasteiger partial charge in [0.05, 0.1) is 0 Å². The van der Waals surface area contributed by atoms with Crippen molar-refractivity contribution in [2.24, 2.45) is 5.16 Å². The lowest BCUT2D eigenvalue weighted by molar-refractivity contribution is -0.110. The van der Waals surface area contributed by atoms with Crippen LogP contribution in [0.2, 0.25) is 0 Å². The molecule has 0 aliphatic rings. The molecular weight excluding hydrogens is 342 g/mol. The highest BCUT2D eigenvalue weighted by molar-refractivity contribution is 6.31. The Hall–Kier alpha value is -3.15. The van der Waals surface area contributed by atoms with Gasteiger partial charge in [0.15, 0.2) is 6.61 Å². The van der Waals surface area contributed by atoms with Crippen molar-refractivity contribution in [3.05, 3.63) is 65.0 Å². The van der Waals surface area contributed by atoms with Gasteiger partial charge in [-0.25, -0.2) is 0 Å². The molecule has 1 aromatic carbocycles. The Labute approximate surface area is 159 Å². The summed E-state index contributed by atoms with van der Waals surface area (Å²) in [6.07, 6.45) is 2.81. The summed E-state index contributed by atoms with van der Waals surface area (Å²) in [5.41, 5.74) is 5.22. The third-order valence-corrected chi connectivity index (χ3v) is 4.49. The highest BCUT2D eigenvalue weighted by Crippen LogP contribution is 2.18. The fraction of sp³-hybridized carbons (Fsp3) is 0.286. The van der Waals surface area contributed by atoms with Gasteiger partial charge in [0.25, 0.3) is 5.91 Å². The molecule has 142 valence electrons. The molecule has 0 saturated carbocycles. The van der Waals surface area contributed by atoms with Crippen LogP contribution in [-0.2, 0) is 16.2 Å². The SMILES string of the molecule is C=CCn1c(C)cc(C(=O)CON=CC(=O)Nc2cccc(C)c2C)c1C. The van der Waals surface area contributed by atoms with Gasteiger partial charge < -0.3 is 14.7 Å². The molecule has 1 N–H and O–H groups in total. The summed E-state index contributed by atoms with van der Waals surface area (Å²) in [5.74, 6) is -0.606. The molecule has 0 bridgehead atoms. The Morgan fingerprint density at radius 2 is 2.00 bits per heavy atom. The van der Waals surface area contributed by atoms with E-state index in [1.165, 1.54) is 0 Å². The predicted octanol–water partition coefficient (Wildman–Crippen LogP) is 3.73. The number of aromatic nitrogens is 1. The molecule has 27 heavy (non-hydrogen) atoms. The number of benzene rings is 1. The van der Waals surface area contributed by atoms with Gasteiger partial charge in [-0.05, 0) is 51.0 Å². The van der Waals surface area contributed by atoms with E-state index in [4.69, 9.17) is 4.84 Å². The molecule has 2 rings (SSSR count). The standard InChI is InChI=1S/C21H25N3O3/c1-6-10-24-15(3)11-18(17(24)5)20(25)13-27-22-12-21(26)23-19-9-7-8-14(2)16(19)4/h6-9,11-12H,1,10,13H2,2-5H3,(H,23,26). The molecule has 0 fully saturated rings. The van der Waals surface area contributed by atoms with E-state index in [1.54, 1.807) is 6.08 Å². The number of ketones is 1. The van der Waals surface area contributed by atoms with Crippen LogP contribution in [0.4, 0.5) is 5.69 Å². The second kappa shape index (κ2) is 8.98. The van der Waals surface area contributed by atoms with Gasteiger partial charge in [-0.1, -0.05) is 23.4 Å². The third kappa shape index (κ3) is 4.94. The van der Waals surface area contributed by atoms with Crippen molar-refractivity contribution >= 4 is 23.6 Å². The van der Waals surface area contributed by atoms with Crippen LogP contribution >= 0.6 is 0 Å². The van der Waals surface area contributed by atoms with Gasteiger partial charge in [0, 0.05) is 29.2 Å². The van der Waals surface area contributed by atoms with Crippen LogP contribution in [0, 0.1) is 27.7 Å². The number of hydrogen-bond acceptors (Lipinski definition) is 4. The number of Topliss-reactive ketones (excluding diaryl/α,β-unsaturated/α-hetero) is 1. The number of carbonyl (C=O) groups excluding carboxylic acids is 2. The summed E-state index contributed by atoms with van der Waals surface area (Å²) in [7, 11) is 0. The Bertz CT molecular complexity index is 894. The number of hydrogen-bond donors (Lipinski definition) is 1. The minimum absolute atomic E-state index is 0.189. The topological polar surface area (TPSA) is 72.7 Å². The average Bonchev–Trinajstić information content (AvgIpc) is 2.91.